The summed E-state index contributed by atoms with van der Waals surface area (Å²) < 4.78 is 35.4. The van der Waals surface area contributed by atoms with Gasteiger partial charge >= 0.3 is 0 Å². The molecule has 0 saturated heterocycles. The van der Waals surface area contributed by atoms with Gasteiger partial charge in [-0.2, -0.15) is 0 Å². The number of carbonyl (C=O) groups excluding carboxylic acids is 1. The Kier molecular flexibility index (Phi) is 1.48. The Morgan fingerprint density at radius 1 is 1.91 bits per heavy atom. The Hall–Kier alpha value is -0.610. The van der Waals surface area contributed by atoms with Gasteiger partial charge in [-0.15, -0.1) is 0 Å². The summed E-state index contributed by atoms with van der Waals surface area (Å²) in [7, 11) is 2.12. The topological polar surface area (TPSA) is 60.4 Å². The first kappa shape index (κ1) is 4.42. The van der Waals surface area contributed by atoms with Crippen LogP contribution in [-0.4, -0.2) is 49.2 Å². The van der Waals surface area contributed by atoms with Crippen molar-refractivity contribution in [2.45, 2.75) is 12.5 Å². The van der Waals surface area contributed by atoms with Crippen LogP contribution in [0.3, 0.4) is 0 Å². The summed E-state index contributed by atoms with van der Waals surface area (Å²) in [4.78, 5) is 10.2. The van der Waals surface area contributed by atoms with Crippen molar-refractivity contribution in [1.29, 1.82) is 0 Å². The van der Waals surface area contributed by atoms with E-state index in [0.717, 1.165) is 14.1 Å². The van der Waals surface area contributed by atoms with Crippen LogP contribution in [-0.2, 0) is 4.79 Å². The van der Waals surface area contributed by atoms with E-state index in [1.807, 2.05) is 0 Å². The second kappa shape index (κ2) is 3.69. The van der Waals surface area contributed by atoms with Crippen LogP contribution >= 0.6 is 0 Å². The fourth-order valence-corrected chi connectivity index (χ4v) is 0.576. The highest BCUT2D eigenvalue weighted by molar-refractivity contribution is 5.64. The molecular formula is C7H15NO3. The normalized spacial score (nSPS) is 23.7. The van der Waals surface area contributed by atoms with Gasteiger partial charge < -0.3 is 19.5 Å². The van der Waals surface area contributed by atoms with E-state index in [1.54, 1.807) is 0 Å². The molecule has 0 aromatic rings. The van der Waals surface area contributed by atoms with Crippen LogP contribution in [0.15, 0.2) is 0 Å². The van der Waals surface area contributed by atoms with E-state index in [2.05, 4.69) is 0 Å². The molecule has 4 nitrogen and oxygen atoms in total. The fraction of sp³-hybridized carbons (Fsp3) is 0.857. The molecule has 0 rings (SSSR count). The molecule has 0 bridgehead atoms. The van der Waals surface area contributed by atoms with E-state index in [-0.39, 0.29) is 0 Å². The van der Waals surface area contributed by atoms with Crippen LogP contribution in [0.2, 0.25) is 0 Å². The molecule has 66 valence electrons. The number of carboxylic acids is 1. The predicted molar refractivity (Wildman–Crippen MR) is 38.5 cm³/mol. The zero-order valence-corrected chi connectivity index (χ0v) is 6.50. The highest BCUT2D eigenvalue weighted by Crippen LogP contribution is 1.97. The standard InChI is InChI=1S/C7H15NO3/c1-8(2,3)5-6(9)4-7(10)11/h6,9H,4-5H2,1-3H3/t6-/m1/s1/i1D3,5D2. The molecule has 1 N–H and O–H groups in total. The van der Waals surface area contributed by atoms with Crippen LogP contribution in [0.5, 0.6) is 0 Å². The third-order valence-corrected chi connectivity index (χ3v) is 0.832. The van der Waals surface area contributed by atoms with Gasteiger partial charge in [0, 0.05) is 12.4 Å². The van der Waals surface area contributed by atoms with Gasteiger partial charge in [0.15, 0.2) is 0 Å². The maximum absolute atomic E-state index is 10.2. The highest BCUT2D eigenvalue weighted by Gasteiger charge is 2.14. The number of quaternary nitrogens is 1. The maximum Gasteiger partial charge on any atom is 0.108 e. The third kappa shape index (κ3) is 7.29. The molecule has 0 heterocycles. The van der Waals surface area contributed by atoms with E-state index in [1.165, 1.54) is 0 Å². The SMILES string of the molecule is [2H]C([2H])([2H])[N+](C)(C)C([2H])([2H])[C@H](O)CC(=O)[O-]. The van der Waals surface area contributed by atoms with Gasteiger partial charge in [0.2, 0.25) is 0 Å². The Bertz CT molecular complexity index is 276. The van der Waals surface area contributed by atoms with Crippen molar-refractivity contribution in [3.8, 4) is 0 Å². The lowest BCUT2D eigenvalue weighted by molar-refractivity contribution is -0.873. The van der Waals surface area contributed by atoms with Crippen molar-refractivity contribution in [3.63, 3.8) is 0 Å². The van der Waals surface area contributed by atoms with Gasteiger partial charge in [0.1, 0.15) is 12.6 Å². The highest BCUT2D eigenvalue weighted by atomic mass is 16.4. The zero-order chi connectivity index (χ0) is 13.4. The second-order valence-corrected chi connectivity index (χ2v) is 2.67. The summed E-state index contributed by atoms with van der Waals surface area (Å²) in [6.07, 6.45) is -2.90. The van der Waals surface area contributed by atoms with Crippen LogP contribution in [0, 0.1) is 0 Å². The van der Waals surface area contributed by atoms with E-state index < -0.39 is 36.4 Å². The first-order valence-electron chi connectivity index (χ1n) is 5.56. The Balaban J connectivity index is 5.11. The summed E-state index contributed by atoms with van der Waals surface area (Å²) in [5.74, 6) is -1.64. The smallest absolute Gasteiger partial charge is 0.108 e. The van der Waals surface area contributed by atoms with Gasteiger partial charge in [-0.1, -0.05) is 0 Å². The van der Waals surface area contributed by atoms with Crippen LogP contribution in [0.1, 0.15) is 13.3 Å². The average molecular weight is 166 g/mol. The van der Waals surface area contributed by atoms with Gasteiger partial charge in [0.25, 0.3) is 0 Å². The van der Waals surface area contributed by atoms with Crippen molar-refractivity contribution < 1.29 is 26.3 Å². The lowest BCUT2D eigenvalue weighted by atomic mass is 10.2. The van der Waals surface area contributed by atoms with Crippen molar-refractivity contribution in [3.05, 3.63) is 0 Å². The molecule has 0 aliphatic rings. The molecule has 11 heavy (non-hydrogen) atoms. The summed E-state index contributed by atoms with van der Waals surface area (Å²) in [5.41, 5.74) is 0. The van der Waals surface area contributed by atoms with Gasteiger partial charge in [-0.05, 0) is 0 Å². The first-order chi connectivity index (χ1) is 6.84. The fourth-order valence-electron chi connectivity index (χ4n) is 0.576. The van der Waals surface area contributed by atoms with Crippen molar-refractivity contribution >= 4 is 5.97 Å². The number of rotatable bonds is 4. The number of carbonyl (C=O) groups is 1. The molecule has 0 aliphatic heterocycles. The number of aliphatic hydroxyl groups excluding tert-OH is 1. The Morgan fingerprint density at radius 2 is 2.45 bits per heavy atom. The number of hydrogen-bond donors (Lipinski definition) is 1. The quantitative estimate of drug-likeness (QED) is 0.501. The molecule has 0 aromatic heterocycles. The minimum absolute atomic E-state index is 0.954. The number of aliphatic carboxylic acids is 1. The summed E-state index contributed by atoms with van der Waals surface area (Å²) in [6.45, 7) is -5.33. The van der Waals surface area contributed by atoms with E-state index in [9.17, 15) is 15.0 Å². The minimum atomic E-state index is -2.71. The molecule has 1 atom stereocenters. The summed E-state index contributed by atoms with van der Waals surface area (Å²) >= 11 is 0. The number of aliphatic hydroxyl groups is 1. The minimum Gasteiger partial charge on any atom is -0.550 e. The van der Waals surface area contributed by atoms with Crippen LogP contribution in [0.4, 0.5) is 0 Å². The number of likely N-dealkylation sites (N-methyl/N-ethyl adjacent to an activating group) is 1. The molecule has 0 aromatic carbocycles. The lowest BCUT2D eigenvalue weighted by Crippen LogP contribution is -2.43. The molecule has 0 aliphatic carbocycles. The van der Waals surface area contributed by atoms with Crippen LogP contribution in [0.25, 0.3) is 0 Å². The molecule has 0 radical (unpaired) electrons. The largest absolute Gasteiger partial charge is 0.550 e. The molecule has 0 fully saturated rings. The lowest BCUT2D eigenvalue weighted by Gasteiger charge is -2.26. The number of hydrogen-bond acceptors (Lipinski definition) is 3. The molecule has 0 unspecified atom stereocenters. The molecule has 0 amide bonds. The maximum atomic E-state index is 10.2. The second-order valence-electron chi connectivity index (χ2n) is 2.67. The van der Waals surface area contributed by atoms with Gasteiger partial charge in [-0.25, -0.2) is 0 Å². The van der Waals surface area contributed by atoms with E-state index in [4.69, 9.17) is 6.85 Å². The van der Waals surface area contributed by atoms with Crippen molar-refractivity contribution in [2.24, 2.45) is 0 Å². The predicted octanol–water partition coefficient (Wildman–Crippen LogP) is -1.81. The first-order valence-corrected chi connectivity index (χ1v) is 3.06. The summed E-state index contributed by atoms with van der Waals surface area (Å²) in [6, 6.07) is 0. The Morgan fingerprint density at radius 3 is 2.82 bits per heavy atom. The zero-order valence-electron chi connectivity index (χ0n) is 11.5. The van der Waals surface area contributed by atoms with Crippen molar-refractivity contribution in [2.75, 3.05) is 27.6 Å². The monoisotopic (exact) mass is 166 g/mol. The molecule has 0 spiro atoms. The van der Waals surface area contributed by atoms with Gasteiger partial charge in [-0.3, -0.25) is 0 Å². The third-order valence-electron chi connectivity index (χ3n) is 0.832. The van der Waals surface area contributed by atoms with Crippen LogP contribution < -0.4 is 5.11 Å². The molecule has 0 saturated carbocycles. The number of nitrogens with zero attached hydrogens (tertiary/aromatic N) is 1. The average Bonchev–Trinajstić information content (AvgIpc) is 2.00. The molecular weight excluding hydrogens is 146 g/mol. The van der Waals surface area contributed by atoms with Gasteiger partial charge in [0.05, 0.1) is 27.9 Å². The summed E-state index contributed by atoms with van der Waals surface area (Å²) in [5, 5.41) is 19.6. The van der Waals surface area contributed by atoms with E-state index in [0.29, 0.717) is 0 Å². The number of carboxylic acid groups (broad SMARTS) is 1. The molecule has 4 heteroatoms. The van der Waals surface area contributed by atoms with E-state index >= 15 is 0 Å². The Labute approximate surface area is 73.7 Å². The van der Waals surface area contributed by atoms with Crippen molar-refractivity contribution in [1.82, 2.24) is 0 Å².